The Balaban J connectivity index is 1.06. The highest BCUT2D eigenvalue weighted by Gasteiger charge is 2.28. The van der Waals surface area contributed by atoms with Crippen molar-refractivity contribution in [3.8, 4) is 11.5 Å². The molecule has 3 amide bonds. The number of ether oxygens (including phenoxy) is 3. The van der Waals surface area contributed by atoms with Gasteiger partial charge in [0.15, 0.2) is 0 Å². The zero-order valence-electron chi connectivity index (χ0n) is 22.3. The highest BCUT2D eigenvalue weighted by molar-refractivity contribution is 5.74. The minimum Gasteiger partial charge on any atom is -0.491 e. The number of likely N-dealkylation sites (tertiary alicyclic amines) is 2. The Labute approximate surface area is 225 Å². The predicted octanol–water partition coefficient (Wildman–Crippen LogP) is 1.51. The fourth-order valence-electron chi connectivity index (χ4n) is 5.12. The van der Waals surface area contributed by atoms with Gasteiger partial charge in [0.1, 0.15) is 24.2 Å². The molecule has 1 aromatic carbocycles. The van der Waals surface area contributed by atoms with Gasteiger partial charge in [0, 0.05) is 51.9 Å². The van der Waals surface area contributed by atoms with Crippen LogP contribution in [-0.2, 0) is 4.74 Å². The van der Waals surface area contributed by atoms with Gasteiger partial charge in [-0.25, -0.2) is 9.59 Å². The number of aliphatic hydroxyl groups is 1. The summed E-state index contributed by atoms with van der Waals surface area (Å²) in [6.45, 7) is 7.68. The molecule has 3 saturated heterocycles. The van der Waals surface area contributed by atoms with Crippen LogP contribution in [0.15, 0.2) is 24.3 Å². The summed E-state index contributed by atoms with van der Waals surface area (Å²) in [5.41, 5.74) is 0. The van der Waals surface area contributed by atoms with Crippen LogP contribution in [-0.4, -0.2) is 123 Å². The summed E-state index contributed by atoms with van der Waals surface area (Å²) < 4.78 is 16.5. The lowest BCUT2D eigenvalue weighted by molar-refractivity contribution is 0.0532. The molecule has 3 heterocycles. The molecule has 11 nitrogen and oxygen atoms in total. The first kappa shape index (κ1) is 28.4. The largest absolute Gasteiger partial charge is 0.491 e. The number of nitrogens with one attached hydrogen (secondary N) is 2. The van der Waals surface area contributed by atoms with Crippen molar-refractivity contribution >= 4 is 12.1 Å². The number of urea groups is 1. The number of hydrogen-bond acceptors (Lipinski definition) is 8. The number of carbonyl (C=O) groups is 2. The first-order chi connectivity index (χ1) is 18.6. The summed E-state index contributed by atoms with van der Waals surface area (Å²) in [6.07, 6.45) is 4.91. The Kier molecular flexibility index (Phi) is 11.3. The maximum Gasteiger partial charge on any atom is 0.415 e. The zero-order valence-corrected chi connectivity index (χ0v) is 22.3. The van der Waals surface area contributed by atoms with Crippen molar-refractivity contribution in [2.75, 3.05) is 78.7 Å². The molecule has 0 aliphatic carbocycles. The first-order valence-electron chi connectivity index (χ1n) is 14.0. The topological polar surface area (TPSA) is 116 Å². The van der Waals surface area contributed by atoms with E-state index in [0.717, 1.165) is 25.9 Å². The third-order valence-electron chi connectivity index (χ3n) is 7.36. The summed E-state index contributed by atoms with van der Waals surface area (Å²) in [5.74, 6) is 1.06. The van der Waals surface area contributed by atoms with Crippen LogP contribution in [0.2, 0.25) is 0 Å². The average Bonchev–Trinajstić information content (AvgIpc) is 2.97. The first-order valence-corrected chi connectivity index (χ1v) is 14.0. The van der Waals surface area contributed by atoms with Crippen LogP contribution in [0.5, 0.6) is 11.5 Å². The molecule has 1 atom stereocenters. The fourth-order valence-corrected chi connectivity index (χ4v) is 5.12. The van der Waals surface area contributed by atoms with Crippen LogP contribution >= 0.6 is 0 Å². The number of rotatable bonds is 10. The maximum atomic E-state index is 12.6. The fraction of sp³-hybridized carbons (Fsp3) is 0.704. The standard InChI is InChI=1S/C27H43N5O6/c33-23(20-28-10-11-29-26(34)31-16-18-36-19-17-31)21-37-24-4-6-25(7-5-24)38-27(35)32-14-8-22(9-15-32)30-12-2-1-3-13-30/h4-7,22-23,28,33H,1-3,8-21H2,(H,29,34)/t23-/m0/s1. The van der Waals surface area contributed by atoms with E-state index in [9.17, 15) is 14.7 Å². The van der Waals surface area contributed by atoms with Crippen molar-refractivity contribution in [1.29, 1.82) is 0 Å². The molecule has 3 fully saturated rings. The normalized spacial score (nSPS) is 20.1. The van der Waals surface area contributed by atoms with E-state index in [-0.39, 0.29) is 18.7 Å². The van der Waals surface area contributed by atoms with E-state index in [4.69, 9.17) is 14.2 Å². The number of amides is 3. The Morgan fingerprint density at radius 2 is 1.61 bits per heavy atom. The molecule has 38 heavy (non-hydrogen) atoms. The van der Waals surface area contributed by atoms with Crippen molar-refractivity contribution in [2.45, 2.75) is 44.2 Å². The highest BCUT2D eigenvalue weighted by atomic mass is 16.6. The van der Waals surface area contributed by atoms with Crippen molar-refractivity contribution in [3.63, 3.8) is 0 Å². The van der Waals surface area contributed by atoms with Gasteiger partial charge in [0.2, 0.25) is 0 Å². The summed E-state index contributed by atoms with van der Waals surface area (Å²) in [6, 6.07) is 7.36. The van der Waals surface area contributed by atoms with Crippen LogP contribution < -0.4 is 20.1 Å². The molecule has 3 aliphatic rings. The van der Waals surface area contributed by atoms with Crippen LogP contribution in [0.25, 0.3) is 0 Å². The molecule has 1 aromatic rings. The number of piperidine rings is 2. The third kappa shape index (κ3) is 9.00. The summed E-state index contributed by atoms with van der Waals surface area (Å²) in [5, 5.41) is 16.1. The molecule has 3 aliphatic heterocycles. The molecule has 0 saturated carbocycles. The van der Waals surface area contributed by atoms with E-state index < -0.39 is 6.10 Å². The SMILES string of the molecule is O=C(NCCNC[C@H](O)COc1ccc(OC(=O)N2CCC(N3CCCCC3)CC2)cc1)N1CCOCC1. The van der Waals surface area contributed by atoms with E-state index >= 15 is 0 Å². The smallest absolute Gasteiger partial charge is 0.415 e. The molecular formula is C27H43N5O6. The Morgan fingerprint density at radius 3 is 2.32 bits per heavy atom. The predicted molar refractivity (Wildman–Crippen MR) is 143 cm³/mol. The molecule has 0 aromatic heterocycles. The van der Waals surface area contributed by atoms with E-state index in [0.29, 0.717) is 63.5 Å². The lowest BCUT2D eigenvalue weighted by Gasteiger charge is -2.39. The Morgan fingerprint density at radius 1 is 0.921 bits per heavy atom. The lowest BCUT2D eigenvalue weighted by atomic mass is 10.0. The molecule has 0 radical (unpaired) electrons. The van der Waals surface area contributed by atoms with E-state index in [2.05, 4.69) is 15.5 Å². The monoisotopic (exact) mass is 533 g/mol. The van der Waals surface area contributed by atoms with Gasteiger partial charge in [0.05, 0.1) is 13.2 Å². The molecule has 0 spiro atoms. The molecule has 0 bridgehead atoms. The maximum absolute atomic E-state index is 12.6. The quantitative estimate of drug-likeness (QED) is 0.388. The van der Waals surface area contributed by atoms with Crippen molar-refractivity contribution in [1.82, 2.24) is 25.3 Å². The van der Waals surface area contributed by atoms with E-state index in [1.54, 1.807) is 34.1 Å². The minimum absolute atomic E-state index is 0.0921. The van der Waals surface area contributed by atoms with Gasteiger partial charge in [-0.2, -0.15) is 0 Å². The second-order valence-corrected chi connectivity index (χ2v) is 10.2. The van der Waals surface area contributed by atoms with Crippen molar-refractivity contribution in [3.05, 3.63) is 24.3 Å². The Bertz CT molecular complexity index is 852. The number of aliphatic hydroxyl groups excluding tert-OH is 1. The summed E-state index contributed by atoms with van der Waals surface area (Å²) in [4.78, 5) is 30.7. The summed E-state index contributed by atoms with van der Waals surface area (Å²) in [7, 11) is 0. The molecule has 11 heteroatoms. The highest BCUT2D eigenvalue weighted by Crippen LogP contribution is 2.23. The average molecular weight is 534 g/mol. The van der Waals surface area contributed by atoms with Gasteiger partial charge in [-0.3, -0.25) is 0 Å². The van der Waals surface area contributed by atoms with Gasteiger partial charge in [-0.05, 0) is 63.0 Å². The lowest BCUT2D eigenvalue weighted by Crippen LogP contribution is -2.48. The van der Waals surface area contributed by atoms with Crippen LogP contribution in [0.1, 0.15) is 32.1 Å². The second-order valence-electron chi connectivity index (χ2n) is 10.2. The van der Waals surface area contributed by atoms with E-state index in [1.807, 2.05) is 0 Å². The molecular weight excluding hydrogens is 490 g/mol. The van der Waals surface area contributed by atoms with Gasteiger partial charge in [-0.15, -0.1) is 0 Å². The zero-order chi connectivity index (χ0) is 26.6. The minimum atomic E-state index is -0.699. The van der Waals surface area contributed by atoms with Gasteiger partial charge < -0.3 is 44.7 Å². The van der Waals surface area contributed by atoms with Gasteiger partial charge in [0.25, 0.3) is 0 Å². The summed E-state index contributed by atoms with van der Waals surface area (Å²) >= 11 is 0. The number of carbonyl (C=O) groups excluding carboxylic acids is 2. The second kappa shape index (κ2) is 15.1. The number of morpholine rings is 1. The van der Waals surface area contributed by atoms with E-state index in [1.165, 1.54) is 32.4 Å². The number of benzene rings is 1. The molecule has 0 unspecified atom stereocenters. The van der Waals surface area contributed by atoms with Crippen molar-refractivity contribution in [2.24, 2.45) is 0 Å². The van der Waals surface area contributed by atoms with Crippen LogP contribution in [0.3, 0.4) is 0 Å². The number of hydrogen-bond donors (Lipinski definition) is 3. The Hall–Kier alpha value is -2.60. The third-order valence-corrected chi connectivity index (χ3v) is 7.36. The number of nitrogens with zero attached hydrogens (tertiary/aromatic N) is 3. The van der Waals surface area contributed by atoms with Crippen molar-refractivity contribution < 1.29 is 28.9 Å². The molecule has 212 valence electrons. The molecule has 4 rings (SSSR count). The van der Waals surface area contributed by atoms with Crippen LogP contribution in [0, 0.1) is 0 Å². The molecule has 3 N–H and O–H groups in total. The van der Waals surface area contributed by atoms with Gasteiger partial charge in [-0.1, -0.05) is 6.42 Å². The van der Waals surface area contributed by atoms with Gasteiger partial charge >= 0.3 is 12.1 Å². The van der Waals surface area contributed by atoms with Crippen LogP contribution in [0.4, 0.5) is 9.59 Å².